The molecule has 0 bridgehead atoms. The maximum absolute atomic E-state index is 11.5. The number of aliphatic carboxylic acids is 1. The number of carbonyl (C=O) groups is 3. The number of nitrogens with zero attached hydrogens (tertiary/aromatic N) is 1. The number of likely N-dealkylation sites (tertiary alicyclic amines) is 1. The molecule has 0 spiro atoms. The Bertz CT molecular complexity index is 516. The van der Waals surface area contributed by atoms with E-state index in [9.17, 15) is 14.4 Å². The number of rotatable bonds is 4. The van der Waals surface area contributed by atoms with Gasteiger partial charge in [-0.15, -0.1) is 11.3 Å². The first-order chi connectivity index (χ1) is 8.58. The van der Waals surface area contributed by atoms with E-state index in [1.165, 1.54) is 22.3 Å². The predicted molar refractivity (Wildman–Crippen MR) is 65.8 cm³/mol. The fourth-order valence-corrected chi connectivity index (χ4v) is 2.59. The van der Waals surface area contributed by atoms with Crippen LogP contribution in [0.5, 0.6) is 0 Å². The SMILES string of the molecule is O=C(O)C=Cc1ccsc1CN1C(=O)CCC1=O. The third-order valence-corrected chi connectivity index (χ3v) is 3.56. The summed E-state index contributed by atoms with van der Waals surface area (Å²) in [6, 6.07) is 1.77. The third-order valence-electron chi connectivity index (χ3n) is 2.64. The molecule has 0 aromatic carbocycles. The standard InChI is InChI=1S/C12H11NO4S/c14-10-2-3-11(15)13(10)7-9-8(5-6-18-9)1-4-12(16)17/h1,4-6H,2-3,7H2,(H,16,17). The van der Waals surface area contributed by atoms with Gasteiger partial charge in [-0.3, -0.25) is 14.5 Å². The molecular formula is C12H11NO4S. The van der Waals surface area contributed by atoms with Crippen LogP contribution in [0.1, 0.15) is 23.3 Å². The summed E-state index contributed by atoms with van der Waals surface area (Å²) in [7, 11) is 0. The van der Waals surface area contributed by atoms with Crippen molar-refractivity contribution in [2.24, 2.45) is 0 Å². The van der Waals surface area contributed by atoms with Gasteiger partial charge in [0.1, 0.15) is 0 Å². The van der Waals surface area contributed by atoms with Crippen molar-refractivity contribution in [3.05, 3.63) is 28.0 Å². The molecule has 0 aliphatic carbocycles. The summed E-state index contributed by atoms with van der Waals surface area (Å²) >= 11 is 1.40. The monoisotopic (exact) mass is 265 g/mol. The lowest BCUT2D eigenvalue weighted by Crippen LogP contribution is -2.28. The summed E-state index contributed by atoms with van der Waals surface area (Å²) in [6.45, 7) is 0.231. The van der Waals surface area contributed by atoms with Crippen molar-refractivity contribution in [1.82, 2.24) is 4.90 Å². The Morgan fingerprint density at radius 3 is 2.67 bits per heavy atom. The van der Waals surface area contributed by atoms with Crippen molar-refractivity contribution in [3.63, 3.8) is 0 Å². The molecule has 2 amide bonds. The highest BCUT2D eigenvalue weighted by molar-refractivity contribution is 7.10. The van der Waals surface area contributed by atoms with Crippen LogP contribution in [0.15, 0.2) is 17.5 Å². The van der Waals surface area contributed by atoms with Gasteiger partial charge in [-0.2, -0.15) is 0 Å². The average molecular weight is 265 g/mol. The second-order valence-electron chi connectivity index (χ2n) is 3.84. The van der Waals surface area contributed by atoms with Crippen LogP contribution in [-0.4, -0.2) is 27.8 Å². The Hall–Kier alpha value is -1.95. The zero-order chi connectivity index (χ0) is 13.1. The van der Waals surface area contributed by atoms with Gasteiger partial charge < -0.3 is 5.11 Å². The van der Waals surface area contributed by atoms with E-state index in [2.05, 4.69) is 0 Å². The second-order valence-corrected chi connectivity index (χ2v) is 4.84. The minimum atomic E-state index is -1.03. The largest absolute Gasteiger partial charge is 0.478 e. The molecule has 94 valence electrons. The molecular weight excluding hydrogens is 254 g/mol. The van der Waals surface area contributed by atoms with E-state index in [1.54, 1.807) is 6.07 Å². The number of carboxylic acid groups (broad SMARTS) is 1. The third kappa shape index (κ3) is 2.65. The van der Waals surface area contributed by atoms with Crippen LogP contribution in [0.3, 0.4) is 0 Å². The van der Waals surface area contributed by atoms with Gasteiger partial charge in [-0.05, 0) is 23.1 Å². The first kappa shape index (κ1) is 12.5. The summed E-state index contributed by atoms with van der Waals surface area (Å²) in [5.41, 5.74) is 0.731. The lowest BCUT2D eigenvalue weighted by atomic mass is 10.2. The van der Waals surface area contributed by atoms with E-state index in [4.69, 9.17) is 5.11 Å². The van der Waals surface area contributed by atoms with Crippen LogP contribution in [-0.2, 0) is 20.9 Å². The predicted octanol–water partition coefficient (Wildman–Crippen LogP) is 1.49. The molecule has 1 N–H and O–H groups in total. The van der Waals surface area contributed by atoms with E-state index in [1.807, 2.05) is 5.38 Å². The molecule has 1 aliphatic rings. The van der Waals surface area contributed by atoms with E-state index in [0.717, 1.165) is 16.5 Å². The van der Waals surface area contributed by atoms with Crippen molar-refractivity contribution >= 4 is 35.2 Å². The topological polar surface area (TPSA) is 74.7 Å². The van der Waals surface area contributed by atoms with Crippen LogP contribution in [0, 0.1) is 0 Å². The number of amides is 2. The zero-order valence-corrected chi connectivity index (χ0v) is 10.3. The number of imide groups is 1. The fraction of sp³-hybridized carbons (Fsp3) is 0.250. The number of hydrogen-bond acceptors (Lipinski definition) is 4. The Labute approximate surface area is 107 Å². The summed E-state index contributed by atoms with van der Waals surface area (Å²) in [6.07, 6.45) is 3.05. The molecule has 1 saturated heterocycles. The summed E-state index contributed by atoms with van der Waals surface area (Å²) in [5, 5.41) is 10.4. The highest BCUT2D eigenvalue weighted by Crippen LogP contribution is 2.23. The first-order valence-corrected chi connectivity index (χ1v) is 6.26. The molecule has 6 heteroatoms. The van der Waals surface area contributed by atoms with Crippen molar-refractivity contribution < 1.29 is 19.5 Å². The van der Waals surface area contributed by atoms with Gasteiger partial charge in [-0.1, -0.05) is 0 Å². The molecule has 1 aromatic heterocycles. The number of hydrogen-bond donors (Lipinski definition) is 1. The van der Waals surface area contributed by atoms with E-state index in [0.29, 0.717) is 0 Å². The maximum atomic E-state index is 11.5. The van der Waals surface area contributed by atoms with Gasteiger partial charge in [0, 0.05) is 23.8 Å². The van der Waals surface area contributed by atoms with Crippen LogP contribution in [0.25, 0.3) is 6.08 Å². The van der Waals surface area contributed by atoms with Crippen molar-refractivity contribution in [1.29, 1.82) is 0 Å². The number of carbonyl (C=O) groups excluding carboxylic acids is 2. The number of thiophene rings is 1. The molecule has 18 heavy (non-hydrogen) atoms. The van der Waals surface area contributed by atoms with Crippen LogP contribution >= 0.6 is 11.3 Å². The normalized spacial score (nSPS) is 15.9. The average Bonchev–Trinajstić information content (AvgIpc) is 2.88. The van der Waals surface area contributed by atoms with Gasteiger partial charge in [0.05, 0.1) is 6.54 Å². The van der Waals surface area contributed by atoms with Crippen molar-refractivity contribution in [2.75, 3.05) is 0 Å². The second kappa shape index (κ2) is 5.14. The fourth-order valence-electron chi connectivity index (χ4n) is 1.73. The van der Waals surface area contributed by atoms with E-state index in [-0.39, 0.29) is 31.2 Å². The number of carboxylic acids is 1. The molecule has 0 radical (unpaired) electrons. The Balaban J connectivity index is 2.15. The maximum Gasteiger partial charge on any atom is 0.328 e. The van der Waals surface area contributed by atoms with Gasteiger partial charge in [0.15, 0.2) is 0 Å². The lowest BCUT2D eigenvalue weighted by molar-refractivity contribution is -0.139. The van der Waals surface area contributed by atoms with Crippen LogP contribution < -0.4 is 0 Å². The lowest BCUT2D eigenvalue weighted by Gasteiger charge is -2.12. The molecule has 0 atom stereocenters. The van der Waals surface area contributed by atoms with Crippen molar-refractivity contribution in [3.8, 4) is 0 Å². The minimum absolute atomic E-state index is 0.165. The van der Waals surface area contributed by atoms with Crippen LogP contribution in [0.2, 0.25) is 0 Å². The van der Waals surface area contributed by atoms with E-state index >= 15 is 0 Å². The molecule has 0 unspecified atom stereocenters. The quantitative estimate of drug-likeness (QED) is 0.661. The molecule has 2 rings (SSSR count). The zero-order valence-electron chi connectivity index (χ0n) is 9.46. The van der Waals surface area contributed by atoms with E-state index < -0.39 is 5.97 Å². The van der Waals surface area contributed by atoms with Crippen molar-refractivity contribution in [2.45, 2.75) is 19.4 Å². The molecule has 1 aromatic rings. The molecule has 5 nitrogen and oxygen atoms in total. The Morgan fingerprint density at radius 1 is 1.39 bits per heavy atom. The van der Waals surface area contributed by atoms with Gasteiger partial charge >= 0.3 is 5.97 Å². The molecule has 1 aliphatic heterocycles. The van der Waals surface area contributed by atoms with Gasteiger partial charge in [0.25, 0.3) is 0 Å². The highest BCUT2D eigenvalue weighted by Gasteiger charge is 2.29. The molecule has 0 saturated carbocycles. The smallest absolute Gasteiger partial charge is 0.328 e. The Morgan fingerprint density at radius 2 is 2.06 bits per heavy atom. The summed E-state index contributed by atoms with van der Waals surface area (Å²) in [4.78, 5) is 35.5. The van der Waals surface area contributed by atoms with Gasteiger partial charge in [0.2, 0.25) is 11.8 Å². The summed E-state index contributed by atoms with van der Waals surface area (Å²) in [5.74, 6) is -1.36. The molecule has 2 heterocycles. The first-order valence-electron chi connectivity index (χ1n) is 5.38. The molecule has 1 fully saturated rings. The van der Waals surface area contributed by atoms with Gasteiger partial charge in [-0.25, -0.2) is 4.79 Å². The highest BCUT2D eigenvalue weighted by atomic mass is 32.1. The summed E-state index contributed by atoms with van der Waals surface area (Å²) < 4.78 is 0. The van der Waals surface area contributed by atoms with Crippen LogP contribution in [0.4, 0.5) is 0 Å². The minimum Gasteiger partial charge on any atom is -0.478 e. The Kier molecular flexibility index (Phi) is 3.57.